The number of rotatable bonds is 0. The van der Waals surface area contributed by atoms with E-state index in [1.807, 2.05) is 0 Å². The van der Waals surface area contributed by atoms with Gasteiger partial charge in [-0.15, -0.1) is 12.4 Å². The van der Waals surface area contributed by atoms with Crippen molar-refractivity contribution in [2.75, 3.05) is 13.1 Å². The predicted octanol–water partition coefficient (Wildman–Crippen LogP) is 1.44. The number of ether oxygens (including phenoxy) is 1. The first-order chi connectivity index (χ1) is 5.91. The van der Waals surface area contributed by atoms with Crippen LogP contribution in [0, 0.1) is 0 Å². The minimum atomic E-state index is 0. The second-order valence-electron chi connectivity index (χ2n) is 3.54. The van der Waals surface area contributed by atoms with Crippen molar-refractivity contribution in [1.29, 1.82) is 0 Å². The van der Waals surface area contributed by atoms with Gasteiger partial charge in [0, 0.05) is 13.1 Å². The second-order valence-corrected chi connectivity index (χ2v) is 3.54. The lowest BCUT2D eigenvalue weighted by atomic mass is 9.87. The van der Waals surface area contributed by atoms with E-state index in [0.717, 1.165) is 19.7 Å². The van der Waals surface area contributed by atoms with E-state index in [2.05, 4.69) is 29.6 Å². The molecule has 1 spiro atoms. The minimum absolute atomic E-state index is 0. The Labute approximate surface area is 83.7 Å². The van der Waals surface area contributed by atoms with E-state index in [4.69, 9.17) is 4.74 Å². The first-order valence-corrected chi connectivity index (χ1v) is 4.34. The fourth-order valence-electron chi connectivity index (χ4n) is 2.03. The van der Waals surface area contributed by atoms with Crippen LogP contribution in [0.5, 0.6) is 0 Å². The summed E-state index contributed by atoms with van der Waals surface area (Å²) >= 11 is 0. The van der Waals surface area contributed by atoms with Gasteiger partial charge in [-0.1, -0.05) is 24.3 Å². The van der Waals surface area contributed by atoms with Crippen LogP contribution < -0.4 is 5.32 Å². The van der Waals surface area contributed by atoms with E-state index in [1.165, 1.54) is 11.1 Å². The number of hydrogen-bond donors (Lipinski definition) is 1. The summed E-state index contributed by atoms with van der Waals surface area (Å²) in [5.74, 6) is 0. The standard InChI is InChI=1S/C10H11NO.ClH/c1-2-4-9-8(3-1)5-12-10(9)6-11-7-10;/h1-4,11H,5-7H2;1H. The molecule has 0 aliphatic carbocycles. The van der Waals surface area contributed by atoms with E-state index < -0.39 is 0 Å². The van der Waals surface area contributed by atoms with Crippen molar-refractivity contribution in [3.05, 3.63) is 35.4 Å². The zero-order valence-corrected chi connectivity index (χ0v) is 8.06. The number of hydrogen-bond acceptors (Lipinski definition) is 2. The number of halogens is 1. The molecule has 1 saturated heterocycles. The average molecular weight is 198 g/mol. The molecule has 1 fully saturated rings. The molecule has 13 heavy (non-hydrogen) atoms. The van der Waals surface area contributed by atoms with Crippen LogP contribution in [0.25, 0.3) is 0 Å². The average Bonchev–Trinajstić information content (AvgIpc) is 2.42. The molecular weight excluding hydrogens is 186 g/mol. The molecule has 0 amide bonds. The molecule has 0 unspecified atom stereocenters. The fraction of sp³-hybridized carbons (Fsp3) is 0.400. The lowest BCUT2D eigenvalue weighted by Gasteiger charge is -2.38. The Balaban J connectivity index is 0.000000653. The first kappa shape index (κ1) is 9.00. The maximum absolute atomic E-state index is 5.78. The molecule has 3 heteroatoms. The largest absolute Gasteiger partial charge is 0.363 e. The van der Waals surface area contributed by atoms with Crippen LogP contribution in [0.4, 0.5) is 0 Å². The molecular formula is C10H12ClNO. The van der Waals surface area contributed by atoms with Crippen molar-refractivity contribution in [1.82, 2.24) is 5.32 Å². The molecule has 1 aromatic rings. The molecule has 0 bridgehead atoms. The topological polar surface area (TPSA) is 21.3 Å². The minimum Gasteiger partial charge on any atom is -0.363 e. The Hall–Kier alpha value is -0.570. The summed E-state index contributed by atoms with van der Waals surface area (Å²) in [7, 11) is 0. The molecule has 1 N–H and O–H groups in total. The van der Waals surface area contributed by atoms with Gasteiger partial charge in [-0.2, -0.15) is 0 Å². The molecule has 2 aliphatic rings. The van der Waals surface area contributed by atoms with Gasteiger partial charge >= 0.3 is 0 Å². The summed E-state index contributed by atoms with van der Waals surface area (Å²) < 4.78 is 5.78. The van der Waals surface area contributed by atoms with Gasteiger partial charge in [0.15, 0.2) is 0 Å². The molecule has 0 atom stereocenters. The van der Waals surface area contributed by atoms with Crippen LogP contribution in [0.2, 0.25) is 0 Å². The van der Waals surface area contributed by atoms with Gasteiger partial charge in [0.25, 0.3) is 0 Å². The lowest BCUT2D eigenvalue weighted by Crippen LogP contribution is -2.56. The highest BCUT2D eigenvalue weighted by Crippen LogP contribution is 2.38. The van der Waals surface area contributed by atoms with Crippen LogP contribution in [-0.2, 0) is 16.9 Å². The smallest absolute Gasteiger partial charge is 0.119 e. The molecule has 3 rings (SSSR count). The maximum atomic E-state index is 5.78. The number of benzene rings is 1. The molecule has 2 heterocycles. The molecule has 0 aromatic heterocycles. The Kier molecular flexibility index (Phi) is 2.06. The summed E-state index contributed by atoms with van der Waals surface area (Å²) in [6.07, 6.45) is 0. The van der Waals surface area contributed by atoms with Crippen molar-refractivity contribution in [2.24, 2.45) is 0 Å². The Bertz CT molecular complexity index is 322. The lowest BCUT2D eigenvalue weighted by molar-refractivity contribution is -0.0746. The van der Waals surface area contributed by atoms with Gasteiger partial charge < -0.3 is 10.1 Å². The highest BCUT2D eigenvalue weighted by Gasteiger charge is 2.44. The summed E-state index contributed by atoms with van der Waals surface area (Å²) in [5.41, 5.74) is 2.79. The van der Waals surface area contributed by atoms with Gasteiger partial charge in [0.1, 0.15) is 5.60 Å². The van der Waals surface area contributed by atoms with Crippen molar-refractivity contribution in [3.63, 3.8) is 0 Å². The molecule has 2 nitrogen and oxygen atoms in total. The third-order valence-corrected chi connectivity index (χ3v) is 2.83. The highest BCUT2D eigenvalue weighted by atomic mass is 35.5. The highest BCUT2D eigenvalue weighted by molar-refractivity contribution is 5.85. The summed E-state index contributed by atoms with van der Waals surface area (Å²) in [4.78, 5) is 0. The summed E-state index contributed by atoms with van der Waals surface area (Å²) in [6.45, 7) is 2.74. The fourth-order valence-corrected chi connectivity index (χ4v) is 2.03. The zero-order chi connectivity index (χ0) is 8.02. The maximum Gasteiger partial charge on any atom is 0.119 e. The third kappa shape index (κ3) is 1.10. The zero-order valence-electron chi connectivity index (χ0n) is 7.25. The Morgan fingerprint density at radius 3 is 2.69 bits per heavy atom. The van der Waals surface area contributed by atoms with Crippen LogP contribution in [0.3, 0.4) is 0 Å². The Morgan fingerprint density at radius 2 is 2.00 bits per heavy atom. The summed E-state index contributed by atoms with van der Waals surface area (Å²) in [6, 6.07) is 8.51. The van der Waals surface area contributed by atoms with Crippen LogP contribution in [0.1, 0.15) is 11.1 Å². The van der Waals surface area contributed by atoms with Gasteiger partial charge in [-0.3, -0.25) is 0 Å². The molecule has 0 saturated carbocycles. The molecule has 0 radical (unpaired) electrons. The van der Waals surface area contributed by atoms with Crippen LogP contribution in [-0.4, -0.2) is 13.1 Å². The van der Waals surface area contributed by atoms with Gasteiger partial charge in [-0.25, -0.2) is 0 Å². The molecule has 70 valence electrons. The van der Waals surface area contributed by atoms with E-state index in [-0.39, 0.29) is 18.0 Å². The first-order valence-electron chi connectivity index (χ1n) is 4.34. The van der Waals surface area contributed by atoms with Crippen molar-refractivity contribution in [3.8, 4) is 0 Å². The second kappa shape index (κ2) is 2.98. The predicted molar refractivity (Wildman–Crippen MR) is 53.0 cm³/mol. The Morgan fingerprint density at radius 1 is 1.23 bits per heavy atom. The normalized spacial score (nSPS) is 21.8. The van der Waals surface area contributed by atoms with Crippen molar-refractivity contribution in [2.45, 2.75) is 12.2 Å². The monoisotopic (exact) mass is 197 g/mol. The van der Waals surface area contributed by atoms with E-state index in [1.54, 1.807) is 0 Å². The number of fused-ring (bicyclic) bond motifs is 2. The SMILES string of the molecule is Cl.c1ccc2c(c1)COC21CNC1. The van der Waals surface area contributed by atoms with Gasteiger partial charge in [0.05, 0.1) is 6.61 Å². The van der Waals surface area contributed by atoms with Crippen LogP contribution in [0.15, 0.2) is 24.3 Å². The van der Waals surface area contributed by atoms with Crippen molar-refractivity contribution < 1.29 is 4.74 Å². The van der Waals surface area contributed by atoms with Crippen LogP contribution >= 0.6 is 12.4 Å². The van der Waals surface area contributed by atoms with Gasteiger partial charge in [-0.05, 0) is 11.1 Å². The molecule has 2 aliphatic heterocycles. The van der Waals surface area contributed by atoms with E-state index in [9.17, 15) is 0 Å². The van der Waals surface area contributed by atoms with E-state index >= 15 is 0 Å². The third-order valence-electron chi connectivity index (χ3n) is 2.83. The summed E-state index contributed by atoms with van der Waals surface area (Å²) in [5, 5.41) is 3.26. The molecule has 1 aromatic carbocycles. The quantitative estimate of drug-likeness (QED) is 0.680. The van der Waals surface area contributed by atoms with E-state index in [0.29, 0.717) is 0 Å². The number of nitrogens with one attached hydrogen (secondary N) is 1. The van der Waals surface area contributed by atoms with Crippen molar-refractivity contribution >= 4 is 12.4 Å². The van der Waals surface area contributed by atoms with Gasteiger partial charge in [0.2, 0.25) is 0 Å².